The lowest BCUT2D eigenvalue weighted by Crippen LogP contribution is -2.23. The second kappa shape index (κ2) is 5.81. The van der Waals surface area contributed by atoms with Crippen LogP contribution in [0.4, 0.5) is 4.39 Å². The molecule has 4 rings (SSSR count). The Hall–Kier alpha value is -1.74. The summed E-state index contributed by atoms with van der Waals surface area (Å²) in [4.78, 5) is 4.26. The average Bonchev–Trinajstić information content (AvgIpc) is 2.96. The van der Waals surface area contributed by atoms with E-state index in [1.54, 1.807) is 6.20 Å². The van der Waals surface area contributed by atoms with Gasteiger partial charge in [-0.15, -0.1) is 0 Å². The Kier molecular flexibility index (Phi) is 3.67. The molecule has 2 nitrogen and oxygen atoms in total. The molecule has 0 saturated carbocycles. The predicted molar refractivity (Wildman–Crippen MR) is 85.7 cm³/mol. The highest BCUT2D eigenvalue weighted by Crippen LogP contribution is 2.42. The van der Waals surface area contributed by atoms with E-state index in [2.05, 4.69) is 16.4 Å². The van der Waals surface area contributed by atoms with Gasteiger partial charge < -0.3 is 5.32 Å². The lowest BCUT2D eigenvalue weighted by atomic mass is 9.85. The van der Waals surface area contributed by atoms with Crippen LogP contribution in [0.5, 0.6) is 0 Å². The molecule has 1 aromatic carbocycles. The van der Waals surface area contributed by atoms with Gasteiger partial charge in [0.25, 0.3) is 0 Å². The summed E-state index contributed by atoms with van der Waals surface area (Å²) >= 11 is 0. The van der Waals surface area contributed by atoms with Crippen molar-refractivity contribution in [2.45, 2.75) is 38.0 Å². The van der Waals surface area contributed by atoms with E-state index in [-0.39, 0.29) is 5.82 Å². The summed E-state index contributed by atoms with van der Waals surface area (Å²) in [5, 5.41) is 3.48. The molecule has 0 bridgehead atoms. The molecule has 1 atom stereocenters. The number of benzene rings is 1. The number of hydrogen-bond donors (Lipinski definition) is 1. The van der Waals surface area contributed by atoms with Gasteiger partial charge in [-0.1, -0.05) is 6.07 Å². The van der Waals surface area contributed by atoms with E-state index in [1.807, 2.05) is 18.3 Å². The molecule has 1 N–H and O–H groups in total. The molecule has 0 spiro atoms. The molecule has 22 heavy (non-hydrogen) atoms. The molecule has 2 aromatic rings. The third-order valence-electron chi connectivity index (χ3n) is 5.10. The van der Waals surface area contributed by atoms with Crippen LogP contribution in [0.15, 0.2) is 30.6 Å². The van der Waals surface area contributed by atoms with Crippen LogP contribution in [0.1, 0.15) is 46.6 Å². The maximum Gasteiger partial charge on any atom is 0.126 e. The smallest absolute Gasteiger partial charge is 0.126 e. The zero-order chi connectivity index (χ0) is 14.9. The quantitative estimate of drug-likeness (QED) is 0.872. The van der Waals surface area contributed by atoms with Crippen LogP contribution in [-0.4, -0.2) is 18.1 Å². The minimum atomic E-state index is 0.00803. The van der Waals surface area contributed by atoms with Crippen molar-refractivity contribution in [1.82, 2.24) is 10.3 Å². The van der Waals surface area contributed by atoms with Crippen molar-refractivity contribution in [3.63, 3.8) is 0 Å². The summed E-state index contributed by atoms with van der Waals surface area (Å²) in [6.45, 7) is 2.02. The minimum absolute atomic E-state index is 0.00803. The molecule has 2 heterocycles. The largest absolute Gasteiger partial charge is 0.316 e. The van der Waals surface area contributed by atoms with Gasteiger partial charge in [0.05, 0.1) is 0 Å². The summed E-state index contributed by atoms with van der Waals surface area (Å²) in [6.07, 6.45) is 8.67. The molecule has 0 fully saturated rings. The maximum atomic E-state index is 14.6. The Morgan fingerprint density at radius 3 is 2.95 bits per heavy atom. The number of hydrogen-bond acceptors (Lipinski definition) is 2. The number of aryl methyl sites for hydroxylation is 1. The van der Waals surface area contributed by atoms with E-state index in [0.717, 1.165) is 50.8 Å². The summed E-state index contributed by atoms with van der Waals surface area (Å²) in [5.74, 6) is 0.321. The zero-order valence-corrected chi connectivity index (χ0v) is 12.7. The maximum absolute atomic E-state index is 14.6. The molecular weight excluding hydrogens is 275 g/mol. The highest BCUT2D eigenvalue weighted by molar-refractivity contribution is 5.51. The summed E-state index contributed by atoms with van der Waals surface area (Å²) < 4.78 is 14.6. The Balaban J connectivity index is 1.86. The minimum Gasteiger partial charge on any atom is -0.316 e. The van der Waals surface area contributed by atoms with Crippen LogP contribution < -0.4 is 5.32 Å². The Labute approximate surface area is 130 Å². The van der Waals surface area contributed by atoms with Gasteiger partial charge in [-0.2, -0.15) is 0 Å². The van der Waals surface area contributed by atoms with Crippen LogP contribution in [0, 0.1) is 5.82 Å². The number of nitrogens with one attached hydrogen (secondary N) is 1. The third kappa shape index (κ3) is 2.34. The normalized spacial score (nSPS) is 20.9. The number of nitrogens with zero attached hydrogens (tertiary/aromatic N) is 1. The van der Waals surface area contributed by atoms with Crippen LogP contribution in [-0.2, 0) is 19.3 Å². The van der Waals surface area contributed by atoms with E-state index in [0.29, 0.717) is 5.92 Å². The average molecular weight is 296 g/mol. The first-order valence-electron chi connectivity index (χ1n) is 8.28. The topological polar surface area (TPSA) is 24.9 Å². The summed E-state index contributed by atoms with van der Waals surface area (Å²) in [7, 11) is 0. The molecule has 2 aliphatic rings. The number of pyridine rings is 1. The molecule has 3 heteroatoms. The van der Waals surface area contributed by atoms with Gasteiger partial charge in [-0.3, -0.25) is 4.98 Å². The number of rotatable bonds is 1. The number of fused-ring (bicyclic) bond motifs is 3. The van der Waals surface area contributed by atoms with E-state index in [9.17, 15) is 4.39 Å². The molecule has 1 aliphatic heterocycles. The van der Waals surface area contributed by atoms with Crippen molar-refractivity contribution < 1.29 is 4.39 Å². The molecular formula is C19H21FN2. The van der Waals surface area contributed by atoms with E-state index in [1.165, 1.54) is 22.3 Å². The summed E-state index contributed by atoms with van der Waals surface area (Å²) in [5.41, 5.74) is 6.08. The van der Waals surface area contributed by atoms with E-state index in [4.69, 9.17) is 0 Å². The number of aromatic nitrogens is 1. The first kappa shape index (κ1) is 13.9. The van der Waals surface area contributed by atoms with Gasteiger partial charge in [-0.05, 0) is 85.1 Å². The van der Waals surface area contributed by atoms with Crippen molar-refractivity contribution in [1.29, 1.82) is 0 Å². The Morgan fingerprint density at radius 2 is 2.09 bits per heavy atom. The van der Waals surface area contributed by atoms with Crippen molar-refractivity contribution in [2.75, 3.05) is 13.1 Å². The Bertz CT molecular complexity index is 682. The second-order valence-corrected chi connectivity index (χ2v) is 6.37. The van der Waals surface area contributed by atoms with Gasteiger partial charge in [0, 0.05) is 18.3 Å². The van der Waals surface area contributed by atoms with E-state index >= 15 is 0 Å². The zero-order valence-electron chi connectivity index (χ0n) is 12.7. The Morgan fingerprint density at radius 1 is 1.14 bits per heavy atom. The fourth-order valence-corrected chi connectivity index (χ4v) is 4.09. The van der Waals surface area contributed by atoms with Crippen LogP contribution in [0.25, 0.3) is 0 Å². The van der Waals surface area contributed by atoms with Crippen LogP contribution in [0.3, 0.4) is 0 Å². The van der Waals surface area contributed by atoms with Crippen molar-refractivity contribution >= 4 is 0 Å². The van der Waals surface area contributed by atoms with E-state index < -0.39 is 0 Å². The standard InChI is InChI=1S/C19H21FN2/c20-18-11-13-3-1-8-21-10-7-16(13)19-15(5-6-17(18)19)14-4-2-9-22-12-14/h2,4,9,11-12,15,21H,1,3,5-8,10H2. The van der Waals surface area contributed by atoms with Crippen molar-refractivity contribution in [3.8, 4) is 0 Å². The highest BCUT2D eigenvalue weighted by atomic mass is 19.1. The van der Waals surface area contributed by atoms with Gasteiger partial charge in [0.1, 0.15) is 5.82 Å². The first-order valence-corrected chi connectivity index (χ1v) is 8.28. The third-order valence-corrected chi connectivity index (χ3v) is 5.10. The second-order valence-electron chi connectivity index (χ2n) is 6.37. The molecule has 114 valence electrons. The molecule has 1 aromatic heterocycles. The highest BCUT2D eigenvalue weighted by Gasteiger charge is 2.31. The molecule has 0 saturated heterocycles. The van der Waals surface area contributed by atoms with Gasteiger partial charge in [0.2, 0.25) is 0 Å². The van der Waals surface area contributed by atoms with Crippen molar-refractivity contribution in [3.05, 3.63) is 64.2 Å². The van der Waals surface area contributed by atoms with Crippen molar-refractivity contribution in [2.24, 2.45) is 0 Å². The lowest BCUT2D eigenvalue weighted by molar-refractivity contribution is 0.594. The SMILES string of the molecule is Fc1cc2c(c3c1CCC3c1cccnc1)CCNCCC2. The summed E-state index contributed by atoms with van der Waals surface area (Å²) in [6, 6.07) is 5.92. The fourth-order valence-electron chi connectivity index (χ4n) is 4.09. The van der Waals surface area contributed by atoms with Crippen LogP contribution in [0.2, 0.25) is 0 Å². The molecule has 1 unspecified atom stereocenters. The molecule has 0 radical (unpaired) electrons. The lowest BCUT2D eigenvalue weighted by Gasteiger charge is -2.22. The first-order chi connectivity index (χ1) is 10.8. The van der Waals surface area contributed by atoms with Crippen LogP contribution >= 0.6 is 0 Å². The van der Waals surface area contributed by atoms with Gasteiger partial charge in [-0.25, -0.2) is 4.39 Å². The van der Waals surface area contributed by atoms with Gasteiger partial charge in [0.15, 0.2) is 0 Å². The predicted octanol–water partition coefficient (Wildman–Crippen LogP) is 3.38. The fraction of sp³-hybridized carbons (Fsp3) is 0.421. The molecule has 1 aliphatic carbocycles. The monoisotopic (exact) mass is 296 g/mol. The number of halogens is 1. The van der Waals surface area contributed by atoms with Gasteiger partial charge >= 0.3 is 0 Å². The molecule has 0 amide bonds.